The summed E-state index contributed by atoms with van der Waals surface area (Å²) in [7, 11) is 0. The number of pyridine rings is 1. The molecule has 0 bridgehead atoms. The van der Waals surface area contributed by atoms with E-state index in [1.165, 1.54) is 0 Å². The predicted molar refractivity (Wildman–Crippen MR) is 72.8 cm³/mol. The number of rotatable bonds is 2. The summed E-state index contributed by atoms with van der Waals surface area (Å²) in [5, 5.41) is 9.15. The molecule has 1 aromatic heterocycles. The number of likely N-dealkylation sites (tertiary alicyclic amines) is 1. The Bertz CT molecular complexity index is 510. The highest BCUT2D eigenvalue weighted by atomic mass is 79.9. The van der Waals surface area contributed by atoms with Crippen LogP contribution in [-0.2, 0) is 4.79 Å². The maximum atomic E-state index is 12.2. The maximum Gasteiger partial charge on any atom is 0.309 e. The fourth-order valence-electron chi connectivity index (χ4n) is 2.11. The molecule has 0 saturated carbocycles. The Balaban J connectivity index is 2.06. The van der Waals surface area contributed by atoms with Crippen molar-refractivity contribution < 1.29 is 14.7 Å². The molecule has 1 aliphatic heterocycles. The number of piperidine rings is 1. The zero-order valence-electron chi connectivity index (χ0n) is 10.6. The van der Waals surface area contributed by atoms with Gasteiger partial charge in [-0.2, -0.15) is 0 Å². The van der Waals surface area contributed by atoms with Crippen molar-refractivity contribution >= 4 is 27.8 Å². The van der Waals surface area contributed by atoms with Gasteiger partial charge in [0.25, 0.3) is 5.91 Å². The quantitative estimate of drug-likeness (QED) is 0.845. The van der Waals surface area contributed by atoms with Crippen molar-refractivity contribution in [3.05, 3.63) is 28.5 Å². The highest BCUT2D eigenvalue weighted by Gasteiger charge is 2.38. The van der Waals surface area contributed by atoms with Crippen molar-refractivity contribution in [3.8, 4) is 0 Å². The Kier molecular flexibility index (Phi) is 3.89. The molecule has 1 N–H and O–H groups in total. The molecule has 1 fully saturated rings. The van der Waals surface area contributed by atoms with Crippen LogP contribution in [0.15, 0.2) is 22.8 Å². The van der Waals surface area contributed by atoms with Gasteiger partial charge in [0.15, 0.2) is 0 Å². The van der Waals surface area contributed by atoms with Gasteiger partial charge in [0.05, 0.1) is 5.41 Å². The van der Waals surface area contributed by atoms with Crippen LogP contribution in [0, 0.1) is 5.41 Å². The smallest absolute Gasteiger partial charge is 0.309 e. The van der Waals surface area contributed by atoms with Crippen molar-refractivity contribution in [1.82, 2.24) is 9.88 Å². The number of carboxylic acid groups (broad SMARTS) is 1. The van der Waals surface area contributed by atoms with Crippen LogP contribution in [0.5, 0.6) is 0 Å². The summed E-state index contributed by atoms with van der Waals surface area (Å²) in [5.74, 6) is -0.936. The topological polar surface area (TPSA) is 70.5 Å². The lowest BCUT2D eigenvalue weighted by Gasteiger charge is -2.36. The molecule has 102 valence electrons. The van der Waals surface area contributed by atoms with Crippen molar-refractivity contribution in [2.24, 2.45) is 5.41 Å². The summed E-state index contributed by atoms with van der Waals surface area (Å²) in [6.45, 7) is 2.64. The van der Waals surface area contributed by atoms with E-state index in [2.05, 4.69) is 20.9 Å². The highest BCUT2D eigenvalue weighted by Crippen LogP contribution is 2.31. The first kappa shape index (κ1) is 14.0. The summed E-state index contributed by atoms with van der Waals surface area (Å²) >= 11 is 3.23. The fraction of sp³-hybridized carbons (Fsp3) is 0.462. The number of aromatic nitrogens is 1. The van der Waals surface area contributed by atoms with Gasteiger partial charge in [-0.25, -0.2) is 4.98 Å². The van der Waals surface area contributed by atoms with Crippen LogP contribution in [0.25, 0.3) is 0 Å². The average Bonchev–Trinajstić information content (AvgIpc) is 2.38. The van der Waals surface area contributed by atoms with E-state index >= 15 is 0 Å². The van der Waals surface area contributed by atoms with Crippen LogP contribution in [-0.4, -0.2) is 40.0 Å². The van der Waals surface area contributed by atoms with Gasteiger partial charge in [0.1, 0.15) is 10.3 Å². The second kappa shape index (κ2) is 5.28. The molecular weight excluding hydrogens is 312 g/mol. The number of carboxylic acids is 1. The van der Waals surface area contributed by atoms with E-state index in [1.54, 1.807) is 30.0 Å². The Morgan fingerprint density at radius 2 is 2.00 bits per heavy atom. The number of hydrogen-bond donors (Lipinski definition) is 1. The largest absolute Gasteiger partial charge is 0.481 e. The van der Waals surface area contributed by atoms with Gasteiger partial charge in [0, 0.05) is 13.1 Å². The minimum Gasteiger partial charge on any atom is -0.481 e. The predicted octanol–water partition coefficient (Wildman–Crippen LogP) is 2.17. The van der Waals surface area contributed by atoms with Crippen LogP contribution in [0.3, 0.4) is 0 Å². The van der Waals surface area contributed by atoms with Crippen LogP contribution in [0.4, 0.5) is 0 Å². The Hall–Kier alpha value is -1.43. The number of aliphatic carboxylic acids is 1. The van der Waals surface area contributed by atoms with E-state index in [0.717, 1.165) is 0 Å². The molecule has 5 nitrogen and oxygen atoms in total. The SMILES string of the molecule is CC1(C(=O)O)CCN(C(=O)c2cccc(Br)n2)CC1. The van der Waals surface area contributed by atoms with Gasteiger partial charge in [-0.05, 0) is 47.8 Å². The number of carbonyl (C=O) groups is 2. The highest BCUT2D eigenvalue weighted by molar-refractivity contribution is 9.10. The zero-order chi connectivity index (χ0) is 14.0. The molecule has 2 heterocycles. The second-order valence-electron chi connectivity index (χ2n) is 5.00. The molecule has 0 radical (unpaired) electrons. The number of nitrogens with zero attached hydrogens (tertiary/aromatic N) is 2. The Morgan fingerprint density at radius 1 is 1.37 bits per heavy atom. The summed E-state index contributed by atoms with van der Waals surface area (Å²) in [4.78, 5) is 29.2. The van der Waals surface area contributed by atoms with Gasteiger partial charge in [-0.15, -0.1) is 0 Å². The molecule has 0 aromatic carbocycles. The fourth-order valence-corrected chi connectivity index (χ4v) is 2.45. The van der Waals surface area contributed by atoms with E-state index in [0.29, 0.717) is 36.2 Å². The van der Waals surface area contributed by atoms with Crippen molar-refractivity contribution in [3.63, 3.8) is 0 Å². The summed E-state index contributed by atoms with van der Waals surface area (Å²) in [5.41, 5.74) is -0.338. The molecule has 1 aromatic rings. The zero-order valence-corrected chi connectivity index (χ0v) is 12.2. The first-order valence-corrected chi connectivity index (χ1v) is 6.87. The van der Waals surface area contributed by atoms with E-state index in [-0.39, 0.29) is 5.91 Å². The summed E-state index contributed by atoms with van der Waals surface area (Å²) in [6, 6.07) is 5.18. The normalized spacial score (nSPS) is 18.1. The van der Waals surface area contributed by atoms with Gasteiger partial charge in [-0.3, -0.25) is 9.59 Å². The Morgan fingerprint density at radius 3 is 2.53 bits per heavy atom. The lowest BCUT2D eigenvalue weighted by molar-refractivity contribution is -0.150. The standard InChI is InChI=1S/C13H15BrN2O3/c1-13(12(18)19)5-7-16(8-6-13)11(17)9-3-2-4-10(14)15-9/h2-4H,5-8H2,1H3,(H,18,19). The molecular formula is C13H15BrN2O3. The van der Waals surface area contributed by atoms with Gasteiger partial charge >= 0.3 is 5.97 Å². The summed E-state index contributed by atoms with van der Waals surface area (Å²) < 4.78 is 0.616. The monoisotopic (exact) mass is 326 g/mol. The molecule has 1 amide bonds. The average molecular weight is 327 g/mol. The van der Waals surface area contributed by atoms with Crippen LogP contribution < -0.4 is 0 Å². The molecule has 6 heteroatoms. The first-order valence-electron chi connectivity index (χ1n) is 6.08. The number of carbonyl (C=O) groups excluding carboxylic acids is 1. The summed E-state index contributed by atoms with van der Waals surface area (Å²) in [6.07, 6.45) is 0.949. The van der Waals surface area contributed by atoms with Gasteiger partial charge in [-0.1, -0.05) is 6.07 Å². The minimum absolute atomic E-state index is 0.145. The third-order valence-corrected chi connectivity index (χ3v) is 4.05. The van der Waals surface area contributed by atoms with Crippen LogP contribution >= 0.6 is 15.9 Å². The maximum absolute atomic E-state index is 12.2. The molecule has 19 heavy (non-hydrogen) atoms. The van der Waals surface area contributed by atoms with E-state index in [9.17, 15) is 9.59 Å². The first-order chi connectivity index (χ1) is 8.92. The number of halogens is 1. The molecule has 1 aliphatic rings. The molecule has 2 rings (SSSR count). The van der Waals surface area contributed by atoms with Crippen molar-refractivity contribution in [2.75, 3.05) is 13.1 Å². The number of hydrogen-bond acceptors (Lipinski definition) is 3. The molecule has 0 aliphatic carbocycles. The van der Waals surface area contributed by atoms with Crippen molar-refractivity contribution in [2.45, 2.75) is 19.8 Å². The Labute approximate surface area is 119 Å². The lowest BCUT2D eigenvalue weighted by atomic mass is 9.80. The lowest BCUT2D eigenvalue weighted by Crippen LogP contribution is -2.45. The van der Waals surface area contributed by atoms with Crippen molar-refractivity contribution in [1.29, 1.82) is 0 Å². The van der Waals surface area contributed by atoms with Crippen LogP contribution in [0.1, 0.15) is 30.3 Å². The van der Waals surface area contributed by atoms with E-state index < -0.39 is 11.4 Å². The van der Waals surface area contributed by atoms with Gasteiger partial charge in [0.2, 0.25) is 0 Å². The molecule has 0 unspecified atom stereocenters. The molecule has 0 atom stereocenters. The van der Waals surface area contributed by atoms with Crippen LogP contribution in [0.2, 0.25) is 0 Å². The number of amides is 1. The van der Waals surface area contributed by atoms with Gasteiger partial charge < -0.3 is 10.0 Å². The van der Waals surface area contributed by atoms with E-state index in [1.807, 2.05) is 0 Å². The third-order valence-electron chi connectivity index (χ3n) is 3.60. The second-order valence-corrected chi connectivity index (χ2v) is 5.82. The van der Waals surface area contributed by atoms with E-state index in [4.69, 9.17) is 5.11 Å². The molecule has 1 saturated heterocycles. The minimum atomic E-state index is -0.792. The molecule has 0 spiro atoms. The third kappa shape index (κ3) is 2.94.